The first-order valence-electron chi connectivity index (χ1n) is 4.87. The zero-order valence-corrected chi connectivity index (χ0v) is 8.87. The molecule has 0 unspecified atom stereocenters. The summed E-state index contributed by atoms with van der Waals surface area (Å²) in [6, 6.07) is 7.90. The van der Waals surface area contributed by atoms with Crippen molar-refractivity contribution in [2.75, 3.05) is 6.61 Å². The molecule has 1 aliphatic heterocycles. The lowest BCUT2D eigenvalue weighted by Gasteiger charge is -2.25. The molecule has 0 saturated heterocycles. The van der Waals surface area contributed by atoms with Crippen molar-refractivity contribution in [3.63, 3.8) is 0 Å². The number of rotatable bonds is 0. The first kappa shape index (κ1) is 9.25. The number of para-hydroxylation sites is 2. The highest BCUT2D eigenvalue weighted by molar-refractivity contribution is 5.94. The third kappa shape index (κ3) is 1.65. The van der Waals surface area contributed by atoms with Gasteiger partial charge in [0.15, 0.2) is 0 Å². The molecule has 74 valence electrons. The number of aliphatic imine (C=N–C) groups is 1. The zero-order valence-electron chi connectivity index (χ0n) is 8.87. The van der Waals surface area contributed by atoms with Gasteiger partial charge in [-0.05, 0) is 12.1 Å². The summed E-state index contributed by atoms with van der Waals surface area (Å²) >= 11 is 0. The standard InChI is InChI=1S/C12H15NO/c1-12(2,3)11-8-14-10-7-5-4-6-9(10)13-11/h4-7H,8H2,1-3H3. The summed E-state index contributed by atoms with van der Waals surface area (Å²) in [7, 11) is 0. The van der Waals surface area contributed by atoms with E-state index in [0.29, 0.717) is 6.61 Å². The topological polar surface area (TPSA) is 21.6 Å². The van der Waals surface area contributed by atoms with Crippen LogP contribution < -0.4 is 4.74 Å². The zero-order chi connectivity index (χ0) is 10.2. The van der Waals surface area contributed by atoms with Gasteiger partial charge in [0.05, 0.1) is 5.71 Å². The van der Waals surface area contributed by atoms with E-state index in [9.17, 15) is 0 Å². The van der Waals surface area contributed by atoms with E-state index in [0.717, 1.165) is 17.1 Å². The molecule has 1 aliphatic rings. The molecule has 0 atom stereocenters. The highest BCUT2D eigenvalue weighted by atomic mass is 16.5. The van der Waals surface area contributed by atoms with Crippen LogP contribution in [0.1, 0.15) is 20.8 Å². The average Bonchev–Trinajstić information content (AvgIpc) is 2.16. The van der Waals surface area contributed by atoms with Gasteiger partial charge in [-0.1, -0.05) is 32.9 Å². The summed E-state index contributed by atoms with van der Waals surface area (Å²) in [5.74, 6) is 0.889. The Balaban J connectivity index is 2.41. The van der Waals surface area contributed by atoms with E-state index in [1.807, 2.05) is 24.3 Å². The van der Waals surface area contributed by atoms with E-state index >= 15 is 0 Å². The van der Waals surface area contributed by atoms with Crippen LogP contribution in [0.25, 0.3) is 0 Å². The van der Waals surface area contributed by atoms with E-state index in [2.05, 4.69) is 25.8 Å². The van der Waals surface area contributed by atoms with Crippen LogP contribution in [0.15, 0.2) is 29.3 Å². The normalized spacial score (nSPS) is 15.5. The maximum Gasteiger partial charge on any atom is 0.145 e. The minimum atomic E-state index is 0.0908. The van der Waals surface area contributed by atoms with Gasteiger partial charge in [0, 0.05) is 5.41 Å². The molecule has 0 aromatic heterocycles. The summed E-state index contributed by atoms with van der Waals surface area (Å²) < 4.78 is 5.63. The van der Waals surface area contributed by atoms with Crippen LogP contribution in [-0.4, -0.2) is 12.3 Å². The first-order valence-corrected chi connectivity index (χ1v) is 4.87. The van der Waals surface area contributed by atoms with Crippen molar-refractivity contribution in [1.29, 1.82) is 0 Å². The summed E-state index contributed by atoms with van der Waals surface area (Å²) in [5, 5.41) is 0. The number of hydrogen-bond acceptors (Lipinski definition) is 2. The van der Waals surface area contributed by atoms with E-state index in [-0.39, 0.29) is 5.41 Å². The minimum absolute atomic E-state index is 0.0908. The lowest BCUT2D eigenvalue weighted by molar-refractivity contribution is 0.355. The van der Waals surface area contributed by atoms with E-state index in [4.69, 9.17) is 4.74 Å². The van der Waals surface area contributed by atoms with Gasteiger partial charge in [-0.3, -0.25) is 0 Å². The Morgan fingerprint density at radius 3 is 2.64 bits per heavy atom. The molecule has 0 bridgehead atoms. The third-order valence-electron chi connectivity index (χ3n) is 2.35. The molecule has 1 aromatic carbocycles. The maximum atomic E-state index is 5.63. The predicted octanol–water partition coefficient (Wildman–Crippen LogP) is 3.20. The highest BCUT2D eigenvalue weighted by Crippen LogP contribution is 2.33. The quantitative estimate of drug-likeness (QED) is 0.614. The Morgan fingerprint density at radius 1 is 1.21 bits per heavy atom. The van der Waals surface area contributed by atoms with Crippen molar-refractivity contribution in [3.05, 3.63) is 24.3 Å². The van der Waals surface area contributed by atoms with Crippen molar-refractivity contribution < 1.29 is 4.74 Å². The van der Waals surface area contributed by atoms with E-state index in [1.165, 1.54) is 0 Å². The van der Waals surface area contributed by atoms with E-state index < -0.39 is 0 Å². The van der Waals surface area contributed by atoms with Gasteiger partial charge in [0.2, 0.25) is 0 Å². The second-order valence-electron chi connectivity index (χ2n) is 4.56. The summed E-state index contributed by atoms with van der Waals surface area (Å²) in [6.07, 6.45) is 0. The second-order valence-corrected chi connectivity index (χ2v) is 4.56. The van der Waals surface area contributed by atoms with Gasteiger partial charge in [-0.2, -0.15) is 0 Å². The molecule has 1 aromatic rings. The van der Waals surface area contributed by atoms with Crippen molar-refractivity contribution in [2.45, 2.75) is 20.8 Å². The van der Waals surface area contributed by atoms with Crippen LogP contribution in [0, 0.1) is 5.41 Å². The molecule has 0 N–H and O–H groups in total. The monoisotopic (exact) mass is 189 g/mol. The molecule has 2 heteroatoms. The van der Waals surface area contributed by atoms with Crippen molar-refractivity contribution in [3.8, 4) is 5.75 Å². The van der Waals surface area contributed by atoms with Crippen molar-refractivity contribution in [1.82, 2.24) is 0 Å². The molecule has 2 nitrogen and oxygen atoms in total. The fraction of sp³-hybridized carbons (Fsp3) is 0.417. The average molecular weight is 189 g/mol. The molecular weight excluding hydrogens is 174 g/mol. The molecule has 0 fully saturated rings. The number of benzene rings is 1. The summed E-state index contributed by atoms with van der Waals surface area (Å²) in [4.78, 5) is 4.61. The highest BCUT2D eigenvalue weighted by Gasteiger charge is 2.23. The smallest absolute Gasteiger partial charge is 0.145 e. The van der Waals surface area contributed by atoms with Crippen LogP contribution in [-0.2, 0) is 0 Å². The van der Waals surface area contributed by atoms with Crippen LogP contribution >= 0.6 is 0 Å². The van der Waals surface area contributed by atoms with Gasteiger partial charge in [-0.25, -0.2) is 4.99 Å². The summed E-state index contributed by atoms with van der Waals surface area (Å²) in [6.45, 7) is 7.08. The number of fused-ring (bicyclic) bond motifs is 1. The molecule has 0 saturated carbocycles. The SMILES string of the molecule is CC(C)(C)C1=Nc2ccccc2OC1. The van der Waals surface area contributed by atoms with Crippen LogP contribution in [0.4, 0.5) is 5.69 Å². The Hall–Kier alpha value is -1.31. The lowest BCUT2D eigenvalue weighted by atomic mass is 9.90. The van der Waals surface area contributed by atoms with Crippen molar-refractivity contribution in [2.24, 2.45) is 10.4 Å². The fourth-order valence-corrected chi connectivity index (χ4v) is 1.38. The van der Waals surface area contributed by atoms with Crippen LogP contribution in [0.5, 0.6) is 5.75 Å². The minimum Gasteiger partial charge on any atom is -0.485 e. The Bertz CT molecular complexity index is 374. The van der Waals surface area contributed by atoms with Gasteiger partial charge < -0.3 is 4.74 Å². The molecule has 0 radical (unpaired) electrons. The largest absolute Gasteiger partial charge is 0.485 e. The lowest BCUT2D eigenvalue weighted by Crippen LogP contribution is -2.28. The molecular formula is C12H15NO. The van der Waals surface area contributed by atoms with Crippen LogP contribution in [0.2, 0.25) is 0 Å². The molecule has 0 spiro atoms. The van der Waals surface area contributed by atoms with Gasteiger partial charge in [0.1, 0.15) is 18.0 Å². The number of hydrogen-bond donors (Lipinski definition) is 0. The van der Waals surface area contributed by atoms with Crippen LogP contribution in [0.3, 0.4) is 0 Å². The molecule has 0 amide bonds. The van der Waals surface area contributed by atoms with E-state index in [1.54, 1.807) is 0 Å². The van der Waals surface area contributed by atoms with Gasteiger partial charge in [0.25, 0.3) is 0 Å². The Labute approximate surface area is 84.6 Å². The fourth-order valence-electron chi connectivity index (χ4n) is 1.38. The summed E-state index contributed by atoms with van der Waals surface area (Å²) in [5.41, 5.74) is 2.15. The number of ether oxygens (including phenoxy) is 1. The third-order valence-corrected chi connectivity index (χ3v) is 2.35. The molecule has 14 heavy (non-hydrogen) atoms. The van der Waals surface area contributed by atoms with Gasteiger partial charge in [-0.15, -0.1) is 0 Å². The maximum absolute atomic E-state index is 5.63. The molecule has 0 aliphatic carbocycles. The first-order chi connectivity index (χ1) is 6.57. The number of nitrogens with zero attached hydrogens (tertiary/aromatic N) is 1. The second kappa shape index (κ2) is 3.12. The predicted molar refractivity (Wildman–Crippen MR) is 58.5 cm³/mol. The Kier molecular flexibility index (Phi) is 2.06. The Morgan fingerprint density at radius 2 is 1.93 bits per heavy atom. The molecule has 2 rings (SSSR count). The van der Waals surface area contributed by atoms with Crippen molar-refractivity contribution >= 4 is 11.4 Å². The van der Waals surface area contributed by atoms with Gasteiger partial charge >= 0.3 is 0 Å². The molecule has 1 heterocycles.